The summed E-state index contributed by atoms with van der Waals surface area (Å²) >= 11 is 0. The van der Waals surface area contributed by atoms with Gasteiger partial charge in [-0.15, -0.1) is 13.2 Å². The fourth-order valence-corrected chi connectivity index (χ4v) is 3.21. The lowest BCUT2D eigenvalue weighted by Gasteiger charge is -2.25. The van der Waals surface area contributed by atoms with Crippen molar-refractivity contribution in [2.24, 2.45) is 0 Å². The number of phenols is 2. The van der Waals surface area contributed by atoms with E-state index in [2.05, 4.69) is 108 Å². The molecule has 0 aliphatic carbocycles. The minimum absolute atomic E-state index is 0.00859. The molecule has 0 aliphatic heterocycles. The van der Waals surface area contributed by atoms with Crippen molar-refractivity contribution >= 4 is 0 Å². The second kappa shape index (κ2) is 10.6. The topological polar surface area (TPSA) is 40.5 Å². The summed E-state index contributed by atoms with van der Waals surface area (Å²) in [7, 11) is 0. The van der Waals surface area contributed by atoms with Crippen molar-refractivity contribution < 1.29 is 10.2 Å². The molecule has 0 spiro atoms. The highest BCUT2D eigenvalue weighted by molar-refractivity contribution is 5.43. The van der Waals surface area contributed by atoms with Crippen LogP contribution in [0.1, 0.15) is 105 Å². The number of rotatable bonds is 0. The van der Waals surface area contributed by atoms with Gasteiger partial charge in [0.15, 0.2) is 0 Å². The van der Waals surface area contributed by atoms with Gasteiger partial charge in [-0.2, -0.15) is 0 Å². The molecule has 0 heterocycles. The molecular formula is C30H48O2. The first kappa shape index (κ1) is 29.8. The summed E-state index contributed by atoms with van der Waals surface area (Å²) in [6.45, 7) is 31.8. The second-order valence-corrected chi connectivity index (χ2v) is 12.5. The third-order valence-corrected chi connectivity index (χ3v) is 5.34. The average molecular weight is 441 g/mol. The minimum atomic E-state index is -0.00859. The first-order chi connectivity index (χ1) is 14.2. The van der Waals surface area contributed by atoms with Crippen molar-refractivity contribution in [1.82, 2.24) is 0 Å². The van der Waals surface area contributed by atoms with E-state index in [1.54, 1.807) is 12.1 Å². The van der Waals surface area contributed by atoms with Gasteiger partial charge in [0.2, 0.25) is 0 Å². The zero-order valence-electron chi connectivity index (χ0n) is 22.8. The summed E-state index contributed by atoms with van der Waals surface area (Å²) < 4.78 is 0. The Bertz CT molecular complexity index is 790. The van der Waals surface area contributed by atoms with E-state index < -0.39 is 0 Å². The van der Waals surface area contributed by atoms with Crippen molar-refractivity contribution in [3.05, 3.63) is 71.8 Å². The molecule has 0 fully saturated rings. The van der Waals surface area contributed by atoms with Gasteiger partial charge in [0.05, 0.1) is 0 Å². The summed E-state index contributed by atoms with van der Waals surface area (Å²) in [5.74, 6) is 0.797. The van der Waals surface area contributed by atoms with Gasteiger partial charge in [-0.3, -0.25) is 0 Å². The van der Waals surface area contributed by atoms with Crippen molar-refractivity contribution in [3.8, 4) is 11.5 Å². The standard InChI is InChI=1S/2C14H22O.C2H4/c2*1-13(2,3)10-7-8-12(15)11(9-10)14(4,5)6;1-2/h2*7-9,15H,1-6H3;1-2H2. The Morgan fingerprint density at radius 2 is 0.719 bits per heavy atom. The molecule has 2 heteroatoms. The molecule has 32 heavy (non-hydrogen) atoms. The third-order valence-electron chi connectivity index (χ3n) is 5.34. The van der Waals surface area contributed by atoms with Crippen LogP contribution in [-0.4, -0.2) is 10.2 Å². The highest BCUT2D eigenvalue weighted by Crippen LogP contribution is 2.35. The largest absolute Gasteiger partial charge is 0.508 e. The molecule has 0 aromatic heterocycles. The highest BCUT2D eigenvalue weighted by atomic mass is 16.3. The van der Waals surface area contributed by atoms with Crippen LogP contribution in [0.2, 0.25) is 0 Å². The Balaban J connectivity index is 0.000000557. The van der Waals surface area contributed by atoms with E-state index in [4.69, 9.17) is 0 Å². The van der Waals surface area contributed by atoms with Crippen LogP contribution >= 0.6 is 0 Å². The lowest BCUT2D eigenvalue weighted by atomic mass is 9.80. The number of benzene rings is 2. The van der Waals surface area contributed by atoms with Crippen LogP contribution in [0, 0.1) is 0 Å². The van der Waals surface area contributed by atoms with E-state index in [0.717, 1.165) is 11.1 Å². The van der Waals surface area contributed by atoms with Crippen molar-refractivity contribution in [3.63, 3.8) is 0 Å². The van der Waals surface area contributed by atoms with Crippen LogP contribution in [0.3, 0.4) is 0 Å². The summed E-state index contributed by atoms with van der Waals surface area (Å²) in [5.41, 5.74) is 4.83. The fourth-order valence-electron chi connectivity index (χ4n) is 3.21. The first-order valence-electron chi connectivity index (χ1n) is 11.4. The van der Waals surface area contributed by atoms with E-state index in [1.165, 1.54) is 11.1 Å². The quantitative estimate of drug-likeness (QED) is 0.402. The minimum Gasteiger partial charge on any atom is -0.508 e. The van der Waals surface area contributed by atoms with Crippen LogP contribution in [0.15, 0.2) is 49.6 Å². The summed E-state index contributed by atoms with van der Waals surface area (Å²) in [5, 5.41) is 19.7. The molecular weight excluding hydrogens is 392 g/mol. The lowest BCUT2D eigenvalue weighted by molar-refractivity contribution is 0.444. The number of aromatic hydroxyl groups is 2. The maximum atomic E-state index is 9.84. The Labute approximate surface area is 198 Å². The van der Waals surface area contributed by atoms with E-state index in [-0.39, 0.29) is 21.7 Å². The van der Waals surface area contributed by atoms with Gasteiger partial charge < -0.3 is 10.2 Å². The second-order valence-electron chi connectivity index (χ2n) is 12.5. The highest BCUT2D eigenvalue weighted by Gasteiger charge is 2.23. The molecule has 0 unspecified atom stereocenters. The Kier molecular flexibility index (Phi) is 9.86. The molecule has 0 amide bonds. The van der Waals surface area contributed by atoms with Gasteiger partial charge in [0, 0.05) is 0 Å². The van der Waals surface area contributed by atoms with Crippen LogP contribution in [-0.2, 0) is 21.7 Å². The SMILES string of the molecule is C=C.CC(C)(C)c1ccc(O)c(C(C)(C)C)c1.CC(C)(C)c1ccc(O)c(C(C)(C)C)c1. The number of hydrogen-bond acceptors (Lipinski definition) is 2. The maximum absolute atomic E-state index is 9.84. The average Bonchev–Trinajstić information content (AvgIpc) is 2.60. The van der Waals surface area contributed by atoms with E-state index in [9.17, 15) is 10.2 Å². The van der Waals surface area contributed by atoms with Gasteiger partial charge in [-0.1, -0.05) is 107 Å². The van der Waals surface area contributed by atoms with Crippen LogP contribution in [0.4, 0.5) is 0 Å². The fraction of sp³-hybridized carbons (Fsp3) is 0.533. The smallest absolute Gasteiger partial charge is 0.119 e. The van der Waals surface area contributed by atoms with Crippen LogP contribution in [0.25, 0.3) is 0 Å². The summed E-state index contributed by atoms with van der Waals surface area (Å²) in [6, 6.07) is 11.9. The number of phenolic OH excluding ortho intramolecular Hbond substituents is 2. The molecule has 0 aliphatic rings. The Morgan fingerprint density at radius 3 is 0.906 bits per heavy atom. The predicted octanol–water partition coefficient (Wildman–Crippen LogP) is 8.78. The van der Waals surface area contributed by atoms with E-state index >= 15 is 0 Å². The summed E-state index contributed by atoms with van der Waals surface area (Å²) in [6.07, 6.45) is 0. The van der Waals surface area contributed by atoms with E-state index in [1.807, 2.05) is 12.1 Å². The molecule has 0 saturated heterocycles. The third kappa shape index (κ3) is 8.73. The summed E-state index contributed by atoms with van der Waals surface area (Å²) in [4.78, 5) is 0. The molecule has 2 aromatic rings. The molecule has 180 valence electrons. The zero-order chi connectivity index (χ0) is 25.7. The zero-order valence-corrected chi connectivity index (χ0v) is 22.8. The van der Waals surface area contributed by atoms with Gasteiger partial charge in [-0.25, -0.2) is 0 Å². The molecule has 0 bridgehead atoms. The first-order valence-corrected chi connectivity index (χ1v) is 11.4. The van der Waals surface area contributed by atoms with Gasteiger partial charge in [0.1, 0.15) is 11.5 Å². The van der Waals surface area contributed by atoms with Crippen LogP contribution < -0.4 is 0 Å². The Hall–Kier alpha value is -2.22. The molecule has 2 N–H and O–H groups in total. The van der Waals surface area contributed by atoms with Gasteiger partial charge in [-0.05, 0) is 56.0 Å². The lowest BCUT2D eigenvalue weighted by Crippen LogP contribution is -2.16. The van der Waals surface area contributed by atoms with Gasteiger partial charge >= 0.3 is 0 Å². The Morgan fingerprint density at radius 1 is 0.469 bits per heavy atom. The van der Waals surface area contributed by atoms with Crippen molar-refractivity contribution in [2.45, 2.75) is 105 Å². The van der Waals surface area contributed by atoms with Gasteiger partial charge in [0.25, 0.3) is 0 Å². The molecule has 0 saturated carbocycles. The molecule has 2 nitrogen and oxygen atoms in total. The molecule has 0 radical (unpaired) electrons. The van der Waals surface area contributed by atoms with Crippen molar-refractivity contribution in [1.29, 1.82) is 0 Å². The predicted molar refractivity (Wildman–Crippen MR) is 142 cm³/mol. The molecule has 2 aromatic carbocycles. The number of hydrogen-bond donors (Lipinski definition) is 2. The van der Waals surface area contributed by atoms with Crippen molar-refractivity contribution in [2.75, 3.05) is 0 Å². The normalized spacial score (nSPS) is 12.2. The van der Waals surface area contributed by atoms with Crippen LogP contribution in [0.5, 0.6) is 11.5 Å². The monoisotopic (exact) mass is 440 g/mol. The van der Waals surface area contributed by atoms with E-state index in [0.29, 0.717) is 11.5 Å². The molecule has 2 rings (SSSR count). The molecule has 0 atom stereocenters. The maximum Gasteiger partial charge on any atom is 0.119 e.